The Labute approximate surface area is 157 Å². The maximum atomic E-state index is 12.6. The van der Waals surface area contributed by atoms with Gasteiger partial charge in [-0.05, 0) is 60.9 Å². The van der Waals surface area contributed by atoms with Crippen LogP contribution < -0.4 is 10.2 Å². The molecule has 0 saturated carbocycles. The normalized spacial score (nSPS) is 13.2. The van der Waals surface area contributed by atoms with Crippen LogP contribution in [-0.4, -0.2) is 17.4 Å². The summed E-state index contributed by atoms with van der Waals surface area (Å²) in [4.78, 5) is 19.0. The molecule has 3 aromatic rings. The first-order valence-corrected chi connectivity index (χ1v) is 8.97. The lowest BCUT2D eigenvalue weighted by atomic mass is 10.0. The van der Waals surface area contributed by atoms with Gasteiger partial charge >= 0.3 is 0 Å². The minimum Gasteiger partial charge on any atom is -0.341 e. The van der Waals surface area contributed by atoms with E-state index in [9.17, 15) is 4.79 Å². The minimum atomic E-state index is -0.237. The largest absolute Gasteiger partial charge is 0.341 e. The highest BCUT2D eigenvalue weighted by atomic mass is 35.5. The average Bonchev–Trinajstić information content (AvgIpc) is 2.69. The zero-order chi connectivity index (χ0) is 17.9. The van der Waals surface area contributed by atoms with E-state index in [-0.39, 0.29) is 5.91 Å². The smallest absolute Gasteiger partial charge is 0.274 e. The van der Waals surface area contributed by atoms with Gasteiger partial charge in [-0.1, -0.05) is 29.8 Å². The van der Waals surface area contributed by atoms with Crippen LogP contribution >= 0.6 is 11.6 Å². The second-order valence-corrected chi connectivity index (χ2v) is 6.68. The summed E-state index contributed by atoms with van der Waals surface area (Å²) in [6.07, 6.45) is 3.86. The number of aromatic nitrogens is 1. The summed E-state index contributed by atoms with van der Waals surface area (Å²) in [5, 5.41) is 3.49. The molecular weight excluding hydrogens is 346 g/mol. The molecule has 130 valence electrons. The van der Waals surface area contributed by atoms with Crippen LogP contribution in [0.4, 0.5) is 17.1 Å². The highest BCUT2D eigenvalue weighted by Gasteiger charge is 2.19. The fourth-order valence-electron chi connectivity index (χ4n) is 3.24. The molecule has 0 unspecified atom stereocenters. The molecule has 1 aliphatic heterocycles. The summed E-state index contributed by atoms with van der Waals surface area (Å²) < 4.78 is 0. The standard InChI is InChI=1S/C21H18ClN3O/c22-16-7-9-17(10-8-16)24-21(26)19-14-18(11-12-23-19)25-13-3-5-15-4-1-2-6-20(15)25/h1-2,4,6-12,14H,3,5,13H2,(H,24,26). The van der Waals surface area contributed by atoms with Gasteiger partial charge in [0.25, 0.3) is 5.91 Å². The molecule has 0 aliphatic carbocycles. The summed E-state index contributed by atoms with van der Waals surface area (Å²) in [6.45, 7) is 0.930. The number of carbonyl (C=O) groups excluding carboxylic acids is 1. The van der Waals surface area contributed by atoms with Gasteiger partial charge in [-0.25, -0.2) is 0 Å². The molecule has 2 aromatic carbocycles. The van der Waals surface area contributed by atoms with Crippen LogP contribution in [0.15, 0.2) is 66.9 Å². The molecule has 4 nitrogen and oxygen atoms in total. The summed E-state index contributed by atoms with van der Waals surface area (Å²) in [7, 11) is 0. The van der Waals surface area contributed by atoms with Gasteiger partial charge in [0.15, 0.2) is 0 Å². The summed E-state index contributed by atoms with van der Waals surface area (Å²) in [5.41, 5.74) is 4.60. The van der Waals surface area contributed by atoms with Gasteiger partial charge in [0, 0.05) is 34.8 Å². The van der Waals surface area contributed by atoms with Gasteiger partial charge in [-0.3, -0.25) is 9.78 Å². The van der Waals surface area contributed by atoms with Crippen molar-refractivity contribution in [1.82, 2.24) is 4.98 Å². The van der Waals surface area contributed by atoms with Crippen molar-refractivity contribution in [3.05, 3.63) is 83.1 Å². The van der Waals surface area contributed by atoms with Gasteiger partial charge in [0.2, 0.25) is 0 Å². The maximum Gasteiger partial charge on any atom is 0.274 e. The average molecular weight is 364 g/mol. The molecule has 1 aromatic heterocycles. The van der Waals surface area contributed by atoms with Crippen LogP contribution in [0.25, 0.3) is 0 Å². The van der Waals surface area contributed by atoms with E-state index in [0.717, 1.165) is 25.1 Å². The number of rotatable bonds is 3. The van der Waals surface area contributed by atoms with Crippen LogP contribution in [0.2, 0.25) is 5.02 Å². The molecule has 0 fully saturated rings. The highest BCUT2D eigenvalue weighted by Crippen LogP contribution is 2.33. The first-order chi connectivity index (χ1) is 12.7. The van der Waals surface area contributed by atoms with Gasteiger partial charge in [-0.2, -0.15) is 0 Å². The number of hydrogen-bond acceptors (Lipinski definition) is 3. The summed E-state index contributed by atoms with van der Waals surface area (Å²) in [5.74, 6) is -0.237. The molecule has 0 spiro atoms. The Hall–Kier alpha value is -2.85. The Morgan fingerprint density at radius 2 is 1.88 bits per heavy atom. The molecule has 4 rings (SSSR count). The molecule has 0 saturated heterocycles. The van der Waals surface area contributed by atoms with Crippen LogP contribution in [0.5, 0.6) is 0 Å². The van der Waals surface area contributed by atoms with Crippen molar-refractivity contribution < 1.29 is 4.79 Å². The second kappa shape index (κ2) is 7.18. The predicted octanol–water partition coefficient (Wildman–Crippen LogP) is 5.07. The van der Waals surface area contributed by atoms with E-state index in [1.165, 1.54) is 11.3 Å². The first-order valence-electron chi connectivity index (χ1n) is 8.59. The number of carbonyl (C=O) groups is 1. The van der Waals surface area contributed by atoms with Crippen LogP contribution in [0.3, 0.4) is 0 Å². The lowest BCUT2D eigenvalue weighted by Crippen LogP contribution is -2.25. The van der Waals surface area contributed by atoms with Gasteiger partial charge in [-0.15, -0.1) is 0 Å². The van der Waals surface area contributed by atoms with Gasteiger partial charge in [0.1, 0.15) is 5.69 Å². The minimum absolute atomic E-state index is 0.237. The van der Waals surface area contributed by atoms with E-state index in [1.54, 1.807) is 30.5 Å². The molecule has 1 amide bonds. The number of nitrogens with zero attached hydrogens (tertiary/aromatic N) is 2. The number of hydrogen-bond donors (Lipinski definition) is 1. The van der Waals surface area contributed by atoms with Gasteiger partial charge < -0.3 is 10.2 Å². The Bertz CT molecular complexity index is 940. The third kappa shape index (κ3) is 3.41. The molecule has 1 aliphatic rings. The maximum absolute atomic E-state index is 12.6. The van der Waals surface area contributed by atoms with Crippen molar-refractivity contribution in [2.75, 3.05) is 16.8 Å². The zero-order valence-electron chi connectivity index (χ0n) is 14.2. The second-order valence-electron chi connectivity index (χ2n) is 6.24. The van der Waals surface area contributed by atoms with Crippen molar-refractivity contribution in [2.24, 2.45) is 0 Å². The van der Waals surface area contributed by atoms with Crippen molar-refractivity contribution in [1.29, 1.82) is 0 Å². The molecule has 26 heavy (non-hydrogen) atoms. The number of nitrogens with one attached hydrogen (secondary N) is 1. The lowest BCUT2D eigenvalue weighted by Gasteiger charge is -2.31. The van der Waals surface area contributed by atoms with Crippen LogP contribution in [0.1, 0.15) is 22.5 Å². The number of pyridine rings is 1. The fourth-order valence-corrected chi connectivity index (χ4v) is 3.37. The van der Waals surface area contributed by atoms with E-state index in [4.69, 9.17) is 11.6 Å². The number of anilines is 3. The summed E-state index contributed by atoms with van der Waals surface area (Å²) in [6, 6.07) is 19.2. The number of halogens is 1. The topological polar surface area (TPSA) is 45.2 Å². The monoisotopic (exact) mass is 363 g/mol. The molecule has 0 atom stereocenters. The number of fused-ring (bicyclic) bond motifs is 1. The van der Waals surface area contributed by atoms with E-state index < -0.39 is 0 Å². The fraction of sp³-hybridized carbons (Fsp3) is 0.143. The Kier molecular flexibility index (Phi) is 4.59. The summed E-state index contributed by atoms with van der Waals surface area (Å²) >= 11 is 5.88. The third-order valence-electron chi connectivity index (χ3n) is 4.50. The molecule has 1 N–H and O–H groups in total. The molecule has 0 bridgehead atoms. The SMILES string of the molecule is O=C(Nc1ccc(Cl)cc1)c1cc(N2CCCc3ccccc32)ccn1. The third-order valence-corrected chi connectivity index (χ3v) is 4.75. The van der Waals surface area contributed by atoms with Crippen molar-refractivity contribution in [3.63, 3.8) is 0 Å². The molecule has 5 heteroatoms. The molecule has 2 heterocycles. The van der Waals surface area contributed by atoms with Crippen LogP contribution in [-0.2, 0) is 6.42 Å². The predicted molar refractivity (Wildman–Crippen MR) is 105 cm³/mol. The lowest BCUT2D eigenvalue weighted by molar-refractivity contribution is 0.102. The Morgan fingerprint density at radius 3 is 2.73 bits per heavy atom. The van der Waals surface area contributed by atoms with Gasteiger partial charge in [0.05, 0.1) is 0 Å². The molecule has 0 radical (unpaired) electrons. The van der Waals surface area contributed by atoms with Crippen LogP contribution in [0, 0.1) is 0 Å². The van der Waals surface area contributed by atoms with Crippen molar-refractivity contribution in [3.8, 4) is 0 Å². The van der Waals surface area contributed by atoms with Crippen molar-refractivity contribution in [2.45, 2.75) is 12.8 Å². The van der Waals surface area contributed by atoms with E-state index in [0.29, 0.717) is 16.4 Å². The molecular formula is C21H18ClN3O. The van der Waals surface area contributed by atoms with Crippen molar-refractivity contribution >= 4 is 34.6 Å². The van der Waals surface area contributed by atoms with E-state index in [1.807, 2.05) is 18.2 Å². The Morgan fingerprint density at radius 1 is 1.08 bits per heavy atom. The Balaban J connectivity index is 1.59. The van der Waals surface area contributed by atoms with E-state index >= 15 is 0 Å². The first kappa shape index (κ1) is 16.6. The number of aryl methyl sites for hydroxylation is 1. The highest BCUT2D eigenvalue weighted by molar-refractivity contribution is 6.30. The zero-order valence-corrected chi connectivity index (χ0v) is 14.9. The van der Waals surface area contributed by atoms with E-state index in [2.05, 4.69) is 33.4 Å². The number of amides is 1. The number of benzene rings is 2. The quantitative estimate of drug-likeness (QED) is 0.706. The number of para-hydroxylation sites is 1.